The number of methoxy groups -OCH3 is 3. The average molecular weight is 380 g/mol. The highest BCUT2D eigenvalue weighted by Gasteiger charge is 2.15. The molecule has 3 aromatic carbocycles. The third-order valence-electron chi connectivity index (χ3n) is 4.25. The van der Waals surface area contributed by atoms with Gasteiger partial charge in [0.25, 0.3) is 5.91 Å². The van der Waals surface area contributed by atoms with E-state index in [-0.39, 0.29) is 11.3 Å². The highest BCUT2D eigenvalue weighted by atomic mass is 16.5. The lowest BCUT2D eigenvalue weighted by molar-refractivity contribution is 0.0952. The number of nitrogens with zero attached hydrogens (tertiary/aromatic N) is 1. The van der Waals surface area contributed by atoms with Gasteiger partial charge in [-0.25, -0.2) is 5.43 Å². The van der Waals surface area contributed by atoms with Crippen molar-refractivity contribution in [2.45, 2.75) is 0 Å². The van der Waals surface area contributed by atoms with Crippen LogP contribution in [0.5, 0.6) is 23.0 Å². The molecule has 0 fully saturated rings. The van der Waals surface area contributed by atoms with Gasteiger partial charge in [-0.05, 0) is 23.6 Å². The zero-order valence-corrected chi connectivity index (χ0v) is 15.7. The maximum Gasteiger partial charge on any atom is 0.275 e. The maximum atomic E-state index is 12.4. The molecule has 0 atom stereocenters. The normalized spacial score (nSPS) is 10.8. The summed E-state index contributed by atoms with van der Waals surface area (Å²) >= 11 is 0. The first kappa shape index (κ1) is 19.0. The quantitative estimate of drug-likeness (QED) is 0.506. The molecule has 0 unspecified atom stereocenters. The van der Waals surface area contributed by atoms with Crippen LogP contribution in [-0.2, 0) is 0 Å². The Morgan fingerprint density at radius 3 is 2.43 bits per heavy atom. The first-order valence-electron chi connectivity index (χ1n) is 8.43. The number of fused-ring (bicyclic) bond motifs is 1. The number of carbonyl (C=O) groups excluding carboxylic acids is 1. The molecule has 0 saturated carbocycles. The Labute approximate surface area is 162 Å². The van der Waals surface area contributed by atoms with Crippen LogP contribution in [0.25, 0.3) is 10.8 Å². The Morgan fingerprint density at radius 2 is 1.71 bits per heavy atom. The molecule has 0 spiro atoms. The summed E-state index contributed by atoms with van der Waals surface area (Å²) < 4.78 is 15.9. The monoisotopic (exact) mass is 380 g/mol. The van der Waals surface area contributed by atoms with Gasteiger partial charge in [-0.1, -0.05) is 30.3 Å². The first-order chi connectivity index (χ1) is 13.6. The molecule has 1 amide bonds. The number of hydrazone groups is 1. The fourth-order valence-electron chi connectivity index (χ4n) is 2.89. The number of hydrogen-bond acceptors (Lipinski definition) is 6. The molecule has 0 heterocycles. The van der Waals surface area contributed by atoms with Gasteiger partial charge in [0.2, 0.25) is 5.75 Å². The summed E-state index contributed by atoms with van der Waals surface area (Å²) in [5.74, 6) is 0.746. The maximum absolute atomic E-state index is 12.4. The summed E-state index contributed by atoms with van der Waals surface area (Å²) in [6.45, 7) is 0. The second kappa shape index (κ2) is 8.30. The van der Waals surface area contributed by atoms with Crippen molar-refractivity contribution in [1.29, 1.82) is 0 Å². The number of benzene rings is 3. The van der Waals surface area contributed by atoms with Crippen molar-refractivity contribution in [3.63, 3.8) is 0 Å². The van der Waals surface area contributed by atoms with Gasteiger partial charge >= 0.3 is 0 Å². The molecular weight excluding hydrogens is 360 g/mol. The fraction of sp³-hybridized carbons (Fsp3) is 0.143. The summed E-state index contributed by atoms with van der Waals surface area (Å²) in [5, 5.41) is 15.8. The summed E-state index contributed by atoms with van der Waals surface area (Å²) in [5.41, 5.74) is 3.13. The van der Waals surface area contributed by atoms with Gasteiger partial charge in [0.15, 0.2) is 11.5 Å². The number of hydrogen-bond donors (Lipinski definition) is 2. The van der Waals surface area contributed by atoms with Gasteiger partial charge in [0.05, 0.1) is 33.1 Å². The Bertz CT molecular complexity index is 1050. The fourth-order valence-corrected chi connectivity index (χ4v) is 2.89. The number of rotatable bonds is 6. The predicted octanol–water partition coefficient (Wildman–Crippen LogP) is 3.34. The van der Waals surface area contributed by atoms with Crippen LogP contribution in [0.3, 0.4) is 0 Å². The summed E-state index contributed by atoms with van der Waals surface area (Å²) in [7, 11) is 4.53. The third kappa shape index (κ3) is 3.55. The lowest BCUT2D eigenvalue weighted by Crippen LogP contribution is -2.17. The standard InChI is InChI=1S/C21H20N2O5/c1-26-17-11-9-14(19(27-2)20(17)28-3)12-22-23-21(25)16-10-8-13-6-4-5-7-15(13)18(16)24/h4-12,24H,1-3H3,(H,23,25)/b22-12+. The van der Waals surface area contributed by atoms with E-state index in [1.54, 1.807) is 36.4 Å². The number of amides is 1. The summed E-state index contributed by atoms with van der Waals surface area (Å²) in [4.78, 5) is 12.4. The average Bonchev–Trinajstić information content (AvgIpc) is 2.73. The number of nitrogens with one attached hydrogen (secondary N) is 1. The molecule has 3 aromatic rings. The number of ether oxygens (including phenoxy) is 3. The molecule has 0 aliphatic rings. The van der Waals surface area contributed by atoms with E-state index >= 15 is 0 Å². The Morgan fingerprint density at radius 1 is 0.964 bits per heavy atom. The number of phenols is 1. The van der Waals surface area contributed by atoms with Crippen molar-refractivity contribution in [2.24, 2.45) is 5.10 Å². The van der Waals surface area contributed by atoms with Crippen LogP contribution in [0.4, 0.5) is 0 Å². The highest BCUT2D eigenvalue weighted by Crippen LogP contribution is 2.39. The van der Waals surface area contributed by atoms with Gasteiger partial charge in [-0.3, -0.25) is 4.79 Å². The molecule has 0 bridgehead atoms. The van der Waals surface area contributed by atoms with E-state index in [0.29, 0.717) is 28.2 Å². The van der Waals surface area contributed by atoms with Crippen molar-refractivity contribution < 1.29 is 24.1 Å². The summed E-state index contributed by atoms with van der Waals surface area (Å²) in [6, 6.07) is 14.0. The lowest BCUT2D eigenvalue weighted by Gasteiger charge is -2.13. The zero-order chi connectivity index (χ0) is 20.1. The van der Waals surface area contributed by atoms with Crippen LogP contribution < -0.4 is 19.6 Å². The van der Waals surface area contributed by atoms with Gasteiger partial charge in [0.1, 0.15) is 5.75 Å². The van der Waals surface area contributed by atoms with Crippen LogP contribution in [0, 0.1) is 0 Å². The van der Waals surface area contributed by atoms with E-state index in [1.165, 1.54) is 27.5 Å². The minimum absolute atomic E-state index is 0.0884. The number of aromatic hydroxyl groups is 1. The smallest absolute Gasteiger partial charge is 0.275 e. The van der Waals surface area contributed by atoms with E-state index in [9.17, 15) is 9.90 Å². The molecule has 0 radical (unpaired) electrons. The van der Waals surface area contributed by atoms with Gasteiger partial charge in [0, 0.05) is 10.9 Å². The van der Waals surface area contributed by atoms with E-state index in [2.05, 4.69) is 10.5 Å². The Balaban J connectivity index is 1.84. The van der Waals surface area contributed by atoms with Crippen LogP contribution in [0.1, 0.15) is 15.9 Å². The molecule has 2 N–H and O–H groups in total. The molecular formula is C21H20N2O5. The molecule has 0 aliphatic heterocycles. The van der Waals surface area contributed by atoms with Crippen LogP contribution in [0.15, 0.2) is 53.6 Å². The molecule has 7 nitrogen and oxygen atoms in total. The Hall–Kier alpha value is -3.74. The van der Waals surface area contributed by atoms with E-state index in [0.717, 1.165) is 5.39 Å². The Kier molecular flexibility index (Phi) is 5.64. The topological polar surface area (TPSA) is 89.4 Å². The molecule has 144 valence electrons. The van der Waals surface area contributed by atoms with Crippen molar-refractivity contribution >= 4 is 22.9 Å². The number of phenolic OH excluding ortho intramolecular Hbond substituents is 1. The van der Waals surface area contributed by atoms with E-state index in [1.807, 2.05) is 12.1 Å². The van der Waals surface area contributed by atoms with Crippen molar-refractivity contribution in [2.75, 3.05) is 21.3 Å². The SMILES string of the molecule is COc1ccc(/C=N/NC(=O)c2ccc3ccccc3c2O)c(OC)c1OC. The van der Waals surface area contributed by atoms with Crippen LogP contribution in [-0.4, -0.2) is 38.6 Å². The van der Waals surface area contributed by atoms with Gasteiger partial charge in [-0.15, -0.1) is 0 Å². The largest absolute Gasteiger partial charge is 0.506 e. The van der Waals surface area contributed by atoms with Crippen molar-refractivity contribution in [3.8, 4) is 23.0 Å². The van der Waals surface area contributed by atoms with Crippen LogP contribution in [0.2, 0.25) is 0 Å². The first-order valence-corrected chi connectivity index (χ1v) is 8.43. The number of carbonyl (C=O) groups is 1. The molecule has 3 rings (SSSR count). The minimum atomic E-state index is -0.529. The molecule has 0 aliphatic carbocycles. The van der Waals surface area contributed by atoms with E-state index < -0.39 is 5.91 Å². The predicted molar refractivity (Wildman–Crippen MR) is 107 cm³/mol. The highest BCUT2D eigenvalue weighted by molar-refractivity contribution is 6.03. The lowest BCUT2D eigenvalue weighted by atomic mass is 10.1. The summed E-state index contributed by atoms with van der Waals surface area (Å²) in [6.07, 6.45) is 1.43. The van der Waals surface area contributed by atoms with Gasteiger partial charge in [-0.2, -0.15) is 5.10 Å². The molecule has 0 saturated heterocycles. The molecule has 28 heavy (non-hydrogen) atoms. The third-order valence-corrected chi connectivity index (χ3v) is 4.25. The van der Waals surface area contributed by atoms with Crippen molar-refractivity contribution in [1.82, 2.24) is 5.43 Å². The van der Waals surface area contributed by atoms with Crippen LogP contribution >= 0.6 is 0 Å². The van der Waals surface area contributed by atoms with Gasteiger partial charge < -0.3 is 19.3 Å². The van der Waals surface area contributed by atoms with Crippen molar-refractivity contribution in [3.05, 3.63) is 59.7 Å². The van der Waals surface area contributed by atoms with E-state index in [4.69, 9.17) is 14.2 Å². The zero-order valence-electron chi connectivity index (χ0n) is 15.7. The second-order valence-electron chi connectivity index (χ2n) is 5.81. The minimum Gasteiger partial charge on any atom is -0.506 e. The molecule has 7 heteroatoms. The second-order valence-corrected chi connectivity index (χ2v) is 5.81. The molecule has 0 aromatic heterocycles.